The van der Waals surface area contributed by atoms with Crippen LogP contribution in [0.25, 0.3) is 0 Å². The third-order valence-corrected chi connectivity index (χ3v) is 6.22. The first-order valence-corrected chi connectivity index (χ1v) is 10.00. The van der Waals surface area contributed by atoms with E-state index in [0.717, 1.165) is 54.5 Å². The molecule has 0 unspecified atom stereocenters. The first kappa shape index (κ1) is 16.1. The topological polar surface area (TPSA) is 54.9 Å². The number of piperidine rings is 1. The average molecular weight is 371 g/mol. The largest absolute Gasteiger partial charge is 0.486 e. The standard InChI is InChI=1S/C19H21N3O3S/c23-19-18-15(20-12-26-18)10-22(19)13-4-3-7-21(8-13)9-14-11-24-16-5-1-2-6-17(16)25-14/h1-2,5-6,12-14H,3-4,7-11H2/t13-,14-/m0/s1. The highest BCUT2D eigenvalue weighted by atomic mass is 32.1. The lowest BCUT2D eigenvalue weighted by molar-refractivity contribution is 0.0306. The molecule has 0 N–H and O–H groups in total. The van der Waals surface area contributed by atoms with Crippen molar-refractivity contribution in [3.05, 3.63) is 40.3 Å². The van der Waals surface area contributed by atoms with E-state index in [4.69, 9.17) is 9.47 Å². The van der Waals surface area contributed by atoms with Gasteiger partial charge in [-0.05, 0) is 31.5 Å². The van der Waals surface area contributed by atoms with Crippen LogP contribution in [0.1, 0.15) is 28.2 Å². The monoisotopic (exact) mass is 371 g/mol. The number of hydrogen-bond acceptors (Lipinski definition) is 6. The molecule has 1 aromatic heterocycles. The lowest BCUT2D eigenvalue weighted by atomic mass is 10.0. The van der Waals surface area contributed by atoms with E-state index in [1.807, 2.05) is 29.2 Å². The predicted molar refractivity (Wildman–Crippen MR) is 97.8 cm³/mol. The summed E-state index contributed by atoms with van der Waals surface area (Å²) in [6.07, 6.45) is 2.18. The van der Waals surface area contributed by atoms with E-state index in [1.54, 1.807) is 5.51 Å². The molecule has 3 aliphatic rings. The number of likely N-dealkylation sites (tertiary alicyclic amines) is 1. The molecule has 1 saturated heterocycles. The molecule has 2 aromatic rings. The van der Waals surface area contributed by atoms with Crippen LogP contribution in [0.2, 0.25) is 0 Å². The Labute approximate surface area is 156 Å². The summed E-state index contributed by atoms with van der Waals surface area (Å²) in [5.74, 6) is 1.80. The zero-order valence-electron chi connectivity index (χ0n) is 14.5. The van der Waals surface area contributed by atoms with Gasteiger partial charge in [0.1, 0.15) is 17.6 Å². The molecule has 1 fully saturated rings. The van der Waals surface area contributed by atoms with Gasteiger partial charge in [-0.1, -0.05) is 12.1 Å². The molecular weight excluding hydrogens is 350 g/mol. The van der Waals surface area contributed by atoms with Crippen molar-refractivity contribution < 1.29 is 14.3 Å². The summed E-state index contributed by atoms with van der Waals surface area (Å²) >= 11 is 1.46. The Morgan fingerprint density at radius 1 is 1.27 bits per heavy atom. The second kappa shape index (κ2) is 6.55. The maximum absolute atomic E-state index is 12.6. The van der Waals surface area contributed by atoms with Crippen molar-refractivity contribution in [3.8, 4) is 11.5 Å². The van der Waals surface area contributed by atoms with E-state index < -0.39 is 0 Å². The quantitative estimate of drug-likeness (QED) is 0.829. The SMILES string of the molecule is O=C1c2scnc2CN1[C@H]1CCCN(C[C@H]2COc3ccccc3O2)C1. The number of amides is 1. The molecule has 0 bridgehead atoms. The van der Waals surface area contributed by atoms with E-state index in [2.05, 4.69) is 9.88 Å². The van der Waals surface area contributed by atoms with Crippen LogP contribution in [0.15, 0.2) is 29.8 Å². The van der Waals surface area contributed by atoms with Gasteiger partial charge in [0.15, 0.2) is 11.5 Å². The van der Waals surface area contributed by atoms with Crippen molar-refractivity contribution in [2.45, 2.75) is 31.5 Å². The molecule has 1 amide bonds. The maximum atomic E-state index is 12.6. The minimum absolute atomic E-state index is 0.0289. The van der Waals surface area contributed by atoms with E-state index in [9.17, 15) is 4.79 Å². The molecule has 136 valence electrons. The number of para-hydroxylation sites is 2. The van der Waals surface area contributed by atoms with Gasteiger partial charge >= 0.3 is 0 Å². The van der Waals surface area contributed by atoms with Crippen molar-refractivity contribution in [2.24, 2.45) is 0 Å². The Morgan fingerprint density at radius 3 is 3.04 bits per heavy atom. The van der Waals surface area contributed by atoms with E-state index in [0.29, 0.717) is 13.2 Å². The minimum atomic E-state index is 0.0289. The Kier molecular flexibility index (Phi) is 4.05. The first-order chi connectivity index (χ1) is 12.8. The van der Waals surface area contributed by atoms with Gasteiger partial charge in [-0.3, -0.25) is 9.69 Å². The van der Waals surface area contributed by atoms with Crippen molar-refractivity contribution in [1.29, 1.82) is 0 Å². The fraction of sp³-hybridized carbons (Fsp3) is 0.474. The first-order valence-electron chi connectivity index (χ1n) is 9.12. The fourth-order valence-electron chi connectivity index (χ4n) is 4.11. The van der Waals surface area contributed by atoms with E-state index in [1.165, 1.54) is 11.3 Å². The van der Waals surface area contributed by atoms with Crippen LogP contribution in [0.5, 0.6) is 11.5 Å². The third kappa shape index (κ3) is 2.85. The van der Waals surface area contributed by atoms with Crippen LogP contribution >= 0.6 is 11.3 Å². The van der Waals surface area contributed by atoms with E-state index >= 15 is 0 Å². The lowest BCUT2D eigenvalue weighted by Crippen LogP contribution is -2.51. The highest BCUT2D eigenvalue weighted by Gasteiger charge is 2.37. The highest BCUT2D eigenvalue weighted by molar-refractivity contribution is 7.12. The Morgan fingerprint density at radius 2 is 2.15 bits per heavy atom. The number of hydrogen-bond donors (Lipinski definition) is 0. The van der Waals surface area contributed by atoms with Gasteiger partial charge in [0.25, 0.3) is 5.91 Å². The van der Waals surface area contributed by atoms with Gasteiger partial charge in [0, 0.05) is 19.1 Å². The van der Waals surface area contributed by atoms with Gasteiger partial charge in [-0.2, -0.15) is 0 Å². The highest BCUT2D eigenvalue weighted by Crippen LogP contribution is 2.32. The van der Waals surface area contributed by atoms with Crippen LogP contribution in [-0.2, 0) is 6.54 Å². The van der Waals surface area contributed by atoms with Gasteiger partial charge in [-0.25, -0.2) is 4.98 Å². The van der Waals surface area contributed by atoms with Crippen LogP contribution in [0.4, 0.5) is 0 Å². The number of rotatable bonds is 3. The smallest absolute Gasteiger partial charge is 0.266 e. The molecule has 5 rings (SSSR count). The molecular formula is C19H21N3O3S. The maximum Gasteiger partial charge on any atom is 0.266 e. The molecule has 3 aliphatic heterocycles. The second-order valence-electron chi connectivity index (χ2n) is 7.11. The molecule has 26 heavy (non-hydrogen) atoms. The van der Waals surface area contributed by atoms with Crippen LogP contribution < -0.4 is 9.47 Å². The molecule has 4 heterocycles. The van der Waals surface area contributed by atoms with Crippen molar-refractivity contribution in [2.75, 3.05) is 26.2 Å². The molecule has 1 aromatic carbocycles. The van der Waals surface area contributed by atoms with Gasteiger partial charge in [0.05, 0.1) is 17.7 Å². The second-order valence-corrected chi connectivity index (χ2v) is 7.97. The number of nitrogens with zero attached hydrogens (tertiary/aromatic N) is 3. The van der Waals surface area contributed by atoms with Crippen LogP contribution in [-0.4, -0.2) is 59.1 Å². The molecule has 6 nitrogen and oxygen atoms in total. The summed E-state index contributed by atoms with van der Waals surface area (Å²) < 4.78 is 11.9. The molecule has 0 radical (unpaired) electrons. The number of carbonyl (C=O) groups excluding carboxylic acids is 1. The van der Waals surface area contributed by atoms with Crippen molar-refractivity contribution >= 4 is 17.2 Å². The summed E-state index contributed by atoms with van der Waals surface area (Å²) in [6.45, 7) is 3.99. The Hall–Kier alpha value is -2.12. The van der Waals surface area contributed by atoms with Crippen molar-refractivity contribution in [3.63, 3.8) is 0 Å². The fourth-order valence-corrected chi connectivity index (χ4v) is 4.86. The lowest BCUT2D eigenvalue weighted by Gasteiger charge is -2.39. The zero-order valence-corrected chi connectivity index (χ0v) is 15.3. The molecule has 0 aliphatic carbocycles. The number of thiazole rings is 1. The Bertz CT molecular complexity index is 824. The summed E-state index contributed by atoms with van der Waals surface area (Å²) in [5.41, 5.74) is 2.71. The summed E-state index contributed by atoms with van der Waals surface area (Å²) in [5, 5.41) is 0. The van der Waals surface area contributed by atoms with Crippen molar-refractivity contribution in [1.82, 2.24) is 14.8 Å². The number of aromatic nitrogens is 1. The van der Waals surface area contributed by atoms with Gasteiger partial charge in [-0.15, -0.1) is 11.3 Å². The molecule has 7 heteroatoms. The minimum Gasteiger partial charge on any atom is -0.486 e. The normalized spacial score (nSPS) is 25.4. The average Bonchev–Trinajstić information content (AvgIpc) is 3.25. The van der Waals surface area contributed by atoms with Gasteiger partial charge in [0.2, 0.25) is 0 Å². The van der Waals surface area contributed by atoms with E-state index in [-0.39, 0.29) is 18.1 Å². The summed E-state index contributed by atoms with van der Waals surface area (Å²) in [6, 6.07) is 8.07. The number of carbonyl (C=O) groups is 1. The summed E-state index contributed by atoms with van der Waals surface area (Å²) in [7, 11) is 0. The third-order valence-electron chi connectivity index (χ3n) is 5.37. The number of benzene rings is 1. The Balaban J connectivity index is 1.22. The number of ether oxygens (including phenoxy) is 2. The van der Waals surface area contributed by atoms with Crippen LogP contribution in [0, 0.1) is 0 Å². The molecule has 2 atom stereocenters. The summed E-state index contributed by atoms with van der Waals surface area (Å²) in [4.78, 5) is 22.2. The zero-order chi connectivity index (χ0) is 17.5. The predicted octanol–water partition coefficient (Wildman–Crippen LogP) is 2.40. The van der Waals surface area contributed by atoms with Gasteiger partial charge < -0.3 is 14.4 Å². The van der Waals surface area contributed by atoms with Crippen LogP contribution in [0.3, 0.4) is 0 Å². The number of fused-ring (bicyclic) bond motifs is 2. The molecule has 0 spiro atoms. The molecule has 0 saturated carbocycles.